The van der Waals surface area contributed by atoms with Crippen molar-refractivity contribution in [3.8, 4) is 0 Å². The molecule has 1 atom stereocenters. The van der Waals surface area contributed by atoms with Gasteiger partial charge in [0, 0.05) is 13.5 Å². The second-order valence-electron chi connectivity index (χ2n) is 4.59. The summed E-state index contributed by atoms with van der Waals surface area (Å²) in [7, 11) is 1.96. The van der Waals surface area contributed by atoms with E-state index in [1.54, 1.807) is 6.33 Å². The first-order chi connectivity index (χ1) is 8.06. The van der Waals surface area contributed by atoms with E-state index < -0.39 is 5.97 Å². The Bertz CT molecular complexity index is 545. The van der Waals surface area contributed by atoms with Crippen LogP contribution in [0.25, 0.3) is 11.0 Å². The largest absolute Gasteiger partial charge is 0.481 e. The molecule has 0 aliphatic heterocycles. The van der Waals surface area contributed by atoms with Gasteiger partial charge in [-0.15, -0.1) is 0 Å². The zero-order valence-electron chi connectivity index (χ0n) is 10.1. The van der Waals surface area contributed by atoms with E-state index in [-0.39, 0.29) is 12.3 Å². The van der Waals surface area contributed by atoms with E-state index in [1.165, 1.54) is 0 Å². The van der Waals surface area contributed by atoms with E-state index >= 15 is 0 Å². The molecule has 2 aromatic rings. The molecule has 1 aromatic heterocycles. The van der Waals surface area contributed by atoms with Crippen LogP contribution in [0.4, 0.5) is 0 Å². The molecule has 0 bridgehead atoms. The molecule has 0 radical (unpaired) electrons. The van der Waals surface area contributed by atoms with Crippen molar-refractivity contribution in [3.05, 3.63) is 30.1 Å². The van der Waals surface area contributed by atoms with Gasteiger partial charge in [-0.3, -0.25) is 4.79 Å². The first kappa shape index (κ1) is 11.6. The number of hydrogen-bond acceptors (Lipinski definition) is 2. The lowest BCUT2D eigenvalue weighted by Crippen LogP contribution is -2.06. The summed E-state index contributed by atoms with van der Waals surface area (Å²) in [6.45, 7) is 1.96. The zero-order chi connectivity index (χ0) is 12.4. The predicted octanol–water partition coefficient (Wildman–Crippen LogP) is 2.23. The normalized spacial score (nSPS) is 12.8. The van der Waals surface area contributed by atoms with Gasteiger partial charge in [-0.1, -0.05) is 13.0 Å². The molecular weight excluding hydrogens is 216 g/mol. The summed E-state index contributed by atoms with van der Waals surface area (Å²) >= 11 is 0. The molecule has 0 aliphatic rings. The molecule has 0 saturated carbocycles. The van der Waals surface area contributed by atoms with E-state index in [2.05, 4.69) is 4.98 Å². The van der Waals surface area contributed by atoms with Crippen molar-refractivity contribution in [1.82, 2.24) is 9.55 Å². The van der Waals surface area contributed by atoms with Crippen molar-refractivity contribution in [2.24, 2.45) is 13.0 Å². The second-order valence-corrected chi connectivity index (χ2v) is 4.59. The van der Waals surface area contributed by atoms with Crippen molar-refractivity contribution in [1.29, 1.82) is 0 Å². The van der Waals surface area contributed by atoms with Gasteiger partial charge in [0.1, 0.15) is 0 Å². The molecule has 1 unspecified atom stereocenters. The molecule has 4 heteroatoms. The number of hydrogen-bond donors (Lipinski definition) is 1. The summed E-state index contributed by atoms with van der Waals surface area (Å²) < 4.78 is 1.97. The standard InChI is InChI=1S/C13H16N2O2/c1-9(6-13(16)17)5-10-3-4-12-11(7-10)14-8-15(12)2/h3-4,7-9H,5-6H2,1-2H3,(H,16,17). The Kier molecular flexibility index (Phi) is 3.13. The third-order valence-electron chi connectivity index (χ3n) is 2.90. The van der Waals surface area contributed by atoms with Crippen LogP contribution in [-0.4, -0.2) is 20.6 Å². The molecule has 4 nitrogen and oxygen atoms in total. The predicted molar refractivity (Wildman–Crippen MR) is 65.8 cm³/mol. The van der Waals surface area contributed by atoms with Gasteiger partial charge in [-0.25, -0.2) is 4.98 Å². The van der Waals surface area contributed by atoms with E-state index in [0.29, 0.717) is 0 Å². The first-order valence-electron chi connectivity index (χ1n) is 5.68. The van der Waals surface area contributed by atoms with Crippen LogP contribution in [0.15, 0.2) is 24.5 Å². The smallest absolute Gasteiger partial charge is 0.303 e. The summed E-state index contributed by atoms with van der Waals surface area (Å²) in [6.07, 6.45) is 2.77. The van der Waals surface area contributed by atoms with Crippen LogP contribution in [0.5, 0.6) is 0 Å². The number of carbonyl (C=O) groups is 1. The topological polar surface area (TPSA) is 55.1 Å². The van der Waals surface area contributed by atoms with Gasteiger partial charge in [-0.2, -0.15) is 0 Å². The van der Waals surface area contributed by atoms with Crippen LogP contribution in [0, 0.1) is 5.92 Å². The molecule has 90 valence electrons. The minimum atomic E-state index is -0.739. The number of fused-ring (bicyclic) bond motifs is 1. The number of aromatic nitrogens is 2. The maximum atomic E-state index is 10.6. The lowest BCUT2D eigenvalue weighted by Gasteiger charge is -2.08. The SMILES string of the molecule is CC(CC(=O)O)Cc1ccc2c(c1)ncn2C. The number of carboxylic acids is 1. The fourth-order valence-electron chi connectivity index (χ4n) is 2.08. The van der Waals surface area contributed by atoms with Gasteiger partial charge in [-0.05, 0) is 30.0 Å². The van der Waals surface area contributed by atoms with Crippen molar-refractivity contribution in [3.63, 3.8) is 0 Å². The summed E-state index contributed by atoms with van der Waals surface area (Å²) in [6, 6.07) is 6.11. The molecular formula is C13H16N2O2. The molecule has 0 aliphatic carbocycles. The van der Waals surface area contributed by atoms with Gasteiger partial charge in [0.25, 0.3) is 0 Å². The highest BCUT2D eigenvalue weighted by Crippen LogP contribution is 2.17. The number of aliphatic carboxylic acids is 1. The monoisotopic (exact) mass is 232 g/mol. The van der Waals surface area contributed by atoms with Gasteiger partial charge < -0.3 is 9.67 Å². The maximum Gasteiger partial charge on any atom is 0.303 e. The molecule has 17 heavy (non-hydrogen) atoms. The zero-order valence-corrected chi connectivity index (χ0v) is 10.1. The van der Waals surface area contributed by atoms with Crippen LogP contribution in [-0.2, 0) is 18.3 Å². The minimum Gasteiger partial charge on any atom is -0.481 e. The Hall–Kier alpha value is -1.84. The number of imidazole rings is 1. The Morgan fingerprint density at radius 3 is 3.00 bits per heavy atom. The highest BCUT2D eigenvalue weighted by atomic mass is 16.4. The van der Waals surface area contributed by atoms with Crippen LogP contribution >= 0.6 is 0 Å². The average molecular weight is 232 g/mol. The lowest BCUT2D eigenvalue weighted by atomic mass is 9.98. The van der Waals surface area contributed by atoms with Gasteiger partial charge >= 0.3 is 5.97 Å². The number of aryl methyl sites for hydroxylation is 1. The Morgan fingerprint density at radius 2 is 2.29 bits per heavy atom. The molecule has 0 saturated heterocycles. The Morgan fingerprint density at radius 1 is 1.53 bits per heavy atom. The third kappa shape index (κ3) is 2.64. The molecule has 1 aromatic carbocycles. The van der Waals surface area contributed by atoms with Gasteiger partial charge in [0.05, 0.1) is 17.4 Å². The van der Waals surface area contributed by atoms with Crippen LogP contribution in [0.2, 0.25) is 0 Å². The van der Waals surface area contributed by atoms with Crippen LogP contribution in [0.3, 0.4) is 0 Å². The summed E-state index contributed by atoms with van der Waals surface area (Å²) in [5.41, 5.74) is 3.21. The van der Waals surface area contributed by atoms with E-state index in [1.807, 2.05) is 36.7 Å². The quantitative estimate of drug-likeness (QED) is 0.879. The van der Waals surface area contributed by atoms with E-state index in [0.717, 1.165) is 23.0 Å². The summed E-state index contributed by atoms with van der Waals surface area (Å²) in [5, 5.41) is 8.72. The molecule has 1 heterocycles. The molecule has 0 spiro atoms. The lowest BCUT2D eigenvalue weighted by molar-refractivity contribution is -0.137. The minimum absolute atomic E-state index is 0.147. The fraction of sp³-hybridized carbons (Fsp3) is 0.385. The number of carboxylic acid groups (broad SMARTS) is 1. The van der Waals surface area contributed by atoms with Gasteiger partial charge in [0.2, 0.25) is 0 Å². The van der Waals surface area contributed by atoms with Crippen molar-refractivity contribution in [2.45, 2.75) is 19.8 Å². The number of benzene rings is 1. The van der Waals surface area contributed by atoms with Crippen molar-refractivity contribution < 1.29 is 9.90 Å². The van der Waals surface area contributed by atoms with Crippen molar-refractivity contribution >= 4 is 17.0 Å². The van der Waals surface area contributed by atoms with E-state index in [4.69, 9.17) is 5.11 Å². The number of rotatable bonds is 4. The highest BCUT2D eigenvalue weighted by molar-refractivity contribution is 5.76. The Balaban J connectivity index is 2.16. The van der Waals surface area contributed by atoms with E-state index in [9.17, 15) is 4.79 Å². The fourth-order valence-corrected chi connectivity index (χ4v) is 2.08. The molecule has 0 fully saturated rings. The summed E-state index contributed by atoms with van der Waals surface area (Å²) in [4.78, 5) is 14.9. The molecule has 1 N–H and O–H groups in total. The Labute approximate surface area is 99.9 Å². The second kappa shape index (κ2) is 4.57. The van der Waals surface area contributed by atoms with Gasteiger partial charge in [0.15, 0.2) is 0 Å². The highest BCUT2D eigenvalue weighted by Gasteiger charge is 2.09. The average Bonchev–Trinajstić information content (AvgIpc) is 2.58. The summed E-state index contributed by atoms with van der Waals surface area (Å²) in [5.74, 6) is -0.593. The first-order valence-corrected chi connectivity index (χ1v) is 5.68. The maximum absolute atomic E-state index is 10.6. The molecule has 2 rings (SSSR count). The van der Waals surface area contributed by atoms with Crippen LogP contribution in [0.1, 0.15) is 18.9 Å². The number of nitrogens with zero attached hydrogens (tertiary/aromatic N) is 2. The molecule has 0 amide bonds. The third-order valence-corrected chi connectivity index (χ3v) is 2.90. The van der Waals surface area contributed by atoms with Crippen LogP contribution < -0.4 is 0 Å². The van der Waals surface area contributed by atoms with Crippen molar-refractivity contribution in [2.75, 3.05) is 0 Å².